The van der Waals surface area contributed by atoms with Gasteiger partial charge in [-0.25, -0.2) is 9.97 Å². The summed E-state index contributed by atoms with van der Waals surface area (Å²) in [5, 5.41) is 19.1. The summed E-state index contributed by atoms with van der Waals surface area (Å²) >= 11 is 0. The molecule has 32 heavy (non-hydrogen) atoms. The molecule has 1 N–H and O–H groups in total. The normalized spacial score (nSPS) is 20.4. The standard InChI is InChI=1S/C22H22F3N5O2/c23-22(24,25)19-7-18(2-1-15(19)8-26)30-11-17(12-31)21(13-30)3-5-29(6-4-21)20(32)16-9-27-14-28-10-16/h1-2,7,9-10,14,17,31H,3-6,11-13H2. The van der Waals surface area contributed by atoms with Gasteiger partial charge in [0.15, 0.2) is 0 Å². The number of hydrogen-bond donors (Lipinski definition) is 1. The van der Waals surface area contributed by atoms with Gasteiger partial charge in [0.2, 0.25) is 0 Å². The van der Waals surface area contributed by atoms with E-state index in [1.165, 1.54) is 30.9 Å². The van der Waals surface area contributed by atoms with Crippen molar-refractivity contribution in [3.05, 3.63) is 53.6 Å². The lowest BCUT2D eigenvalue weighted by Gasteiger charge is -2.42. The van der Waals surface area contributed by atoms with Gasteiger partial charge in [0.05, 0.1) is 22.8 Å². The van der Waals surface area contributed by atoms with Crippen molar-refractivity contribution in [2.75, 3.05) is 37.7 Å². The Kier molecular flexibility index (Phi) is 5.77. The molecule has 1 amide bonds. The van der Waals surface area contributed by atoms with E-state index in [4.69, 9.17) is 5.26 Å². The van der Waals surface area contributed by atoms with Crippen LogP contribution in [0.3, 0.4) is 0 Å². The topological polar surface area (TPSA) is 93.4 Å². The Morgan fingerprint density at radius 1 is 1.25 bits per heavy atom. The van der Waals surface area contributed by atoms with Gasteiger partial charge in [-0.2, -0.15) is 18.4 Å². The first-order valence-electron chi connectivity index (χ1n) is 10.3. The maximum absolute atomic E-state index is 13.4. The van der Waals surface area contributed by atoms with Crippen LogP contribution in [0, 0.1) is 22.7 Å². The molecule has 0 aliphatic carbocycles. The Bertz CT molecular complexity index is 1030. The van der Waals surface area contributed by atoms with E-state index in [1.807, 2.05) is 4.90 Å². The van der Waals surface area contributed by atoms with Crippen molar-refractivity contribution >= 4 is 11.6 Å². The minimum Gasteiger partial charge on any atom is -0.396 e. The predicted octanol–water partition coefficient (Wildman–Crippen LogP) is 2.72. The molecular weight excluding hydrogens is 423 g/mol. The van der Waals surface area contributed by atoms with Crippen LogP contribution in [0.15, 0.2) is 36.9 Å². The van der Waals surface area contributed by atoms with E-state index in [0.29, 0.717) is 50.3 Å². The number of hydrogen-bond acceptors (Lipinski definition) is 6. The third-order valence-electron chi connectivity index (χ3n) is 6.68. The zero-order valence-electron chi connectivity index (χ0n) is 17.2. The molecule has 2 aliphatic heterocycles. The first-order chi connectivity index (χ1) is 15.3. The van der Waals surface area contributed by atoms with Crippen molar-refractivity contribution in [1.29, 1.82) is 5.26 Å². The predicted molar refractivity (Wildman–Crippen MR) is 109 cm³/mol. The number of piperidine rings is 1. The summed E-state index contributed by atoms with van der Waals surface area (Å²) in [6.45, 7) is 1.79. The first-order valence-corrected chi connectivity index (χ1v) is 10.3. The number of aliphatic hydroxyl groups excluding tert-OH is 1. The highest BCUT2D eigenvalue weighted by Crippen LogP contribution is 2.46. The molecule has 7 nitrogen and oxygen atoms in total. The molecule has 10 heteroatoms. The Hall–Kier alpha value is -3.19. The highest BCUT2D eigenvalue weighted by molar-refractivity contribution is 5.93. The van der Waals surface area contributed by atoms with Gasteiger partial charge in [-0.15, -0.1) is 0 Å². The molecule has 1 unspecified atom stereocenters. The number of anilines is 1. The molecule has 1 spiro atoms. The van der Waals surface area contributed by atoms with Gasteiger partial charge in [0, 0.05) is 56.8 Å². The van der Waals surface area contributed by atoms with Crippen molar-refractivity contribution in [2.45, 2.75) is 19.0 Å². The summed E-state index contributed by atoms with van der Waals surface area (Å²) < 4.78 is 40.2. The van der Waals surface area contributed by atoms with E-state index in [9.17, 15) is 23.1 Å². The molecule has 1 atom stereocenters. The number of likely N-dealkylation sites (tertiary alicyclic amines) is 1. The number of nitriles is 1. The van der Waals surface area contributed by atoms with Crippen molar-refractivity contribution in [3.63, 3.8) is 0 Å². The minimum absolute atomic E-state index is 0.0839. The van der Waals surface area contributed by atoms with Crippen molar-refractivity contribution < 1.29 is 23.1 Å². The van der Waals surface area contributed by atoms with Gasteiger partial charge >= 0.3 is 6.18 Å². The average Bonchev–Trinajstić information content (AvgIpc) is 3.16. The number of benzene rings is 1. The lowest BCUT2D eigenvalue weighted by molar-refractivity contribution is -0.137. The van der Waals surface area contributed by atoms with Crippen LogP contribution in [-0.2, 0) is 6.18 Å². The lowest BCUT2D eigenvalue weighted by Crippen LogP contribution is -2.47. The number of rotatable bonds is 3. The number of alkyl halides is 3. The van der Waals surface area contributed by atoms with Crippen molar-refractivity contribution in [1.82, 2.24) is 14.9 Å². The summed E-state index contributed by atoms with van der Waals surface area (Å²) in [4.78, 5) is 24.0. The first kappa shape index (κ1) is 22.0. The number of aliphatic hydroxyl groups is 1. The van der Waals surface area contributed by atoms with Gasteiger partial charge in [0.25, 0.3) is 5.91 Å². The molecule has 1 aromatic carbocycles. The molecule has 2 aromatic rings. The number of aromatic nitrogens is 2. The van der Waals surface area contributed by atoms with Crippen LogP contribution in [0.25, 0.3) is 0 Å². The molecule has 2 saturated heterocycles. The molecule has 4 rings (SSSR count). The zero-order valence-corrected chi connectivity index (χ0v) is 17.2. The molecule has 1 aromatic heterocycles. The van der Waals surface area contributed by atoms with E-state index in [-0.39, 0.29) is 23.8 Å². The second-order valence-electron chi connectivity index (χ2n) is 8.38. The molecule has 0 radical (unpaired) electrons. The second-order valence-corrected chi connectivity index (χ2v) is 8.38. The Morgan fingerprint density at radius 2 is 1.94 bits per heavy atom. The van der Waals surface area contributed by atoms with Crippen LogP contribution >= 0.6 is 0 Å². The Morgan fingerprint density at radius 3 is 2.53 bits per heavy atom. The van der Waals surface area contributed by atoms with Crippen LogP contribution in [0.2, 0.25) is 0 Å². The monoisotopic (exact) mass is 445 g/mol. The summed E-state index contributed by atoms with van der Waals surface area (Å²) in [5.74, 6) is -0.275. The minimum atomic E-state index is -4.62. The Labute approximate surface area is 183 Å². The van der Waals surface area contributed by atoms with Crippen molar-refractivity contribution in [2.24, 2.45) is 11.3 Å². The van der Waals surface area contributed by atoms with E-state index in [0.717, 1.165) is 6.07 Å². The fourth-order valence-electron chi connectivity index (χ4n) is 4.86. The summed E-state index contributed by atoms with van der Waals surface area (Å²) in [7, 11) is 0. The SMILES string of the molecule is N#Cc1ccc(N2CC(CO)C3(CCN(C(=O)c4cncnc4)CC3)C2)cc1C(F)(F)F. The van der Waals surface area contributed by atoms with Crippen LogP contribution in [0.4, 0.5) is 18.9 Å². The lowest BCUT2D eigenvalue weighted by atomic mass is 9.71. The van der Waals surface area contributed by atoms with Gasteiger partial charge in [-0.1, -0.05) is 0 Å². The average molecular weight is 445 g/mol. The van der Waals surface area contributed by atoms with E-state index >= 15 is 0 Å². The number of nitrogens with zero attached hydrogens (tertiary/aromatic N) is 5. The van der Waals surface area contributed by atoms with Gasteiger partial charge in [-0.3, -0.25) is 4.79 Å². The molecule has 2 aliphatic rings. The number of amides is 1. The smallest absolute Gasteiger partial charge is 0.396 e. The molecule has 0 bridgehead atoms. The van der Waals surface area contributed by atoms with Gasteiger partial charge in [0.1, 0.15) is 6.33 Å². The highest BCUT2D eigenvalue weighted by Gasteiger charge is 2.48. The summed E-state index contributed by atoms with van der Waals surface area (Å²) in [6.07, 6.45) is 0.941. The molecule has 0 saturated carbocycles. The third-order valence-corrected chi connectivity index (χ3v) is 6.68. The van der Waals surface area contributed by atoms with Crippen LogP contribution in [-0.4, -0.2) is 58.7 Å². The van der Waals surface area contributed by atoms with E-state index < -0.39 is 17.3 Å². The Balaban J connectivity index is 1.52. The van der Waals surface area contributed by atoms with Crippen LogP contribution in [0.5, 0.6) is 0 Å². The fourth-order valence-corrected chi connectivity index (χ4v) is 4.86. The second kappa shape index (κ2) is 8.39. The molecule has 3 heterocycles. The number of carbonyl (C=O) groups excluding carboxylic acids is 1. The maximum atomic E-state index is 13.4. The van der Waals surface area contributed by atoms with Crippen LogP contribution < -0.4 is 4.90 Å². The fraction of sp³-hybridized carbons (Fsp3) is 0.455. The van der Waals surface area contributed by atoms with Crippen molar-refractivity contribution in [3.8, 4) is 6.07 Å². The largest absolute Gasteiger partial charge is 0.417 e. The number of halogens is 3. The molecule has 2 fully saturated rings. The van der Waals surface area contributed by atoms with E-state index in [2.05, 4.69) is 9.97 Å². The van der Waals surface area contributed by atoms with E-state index in [1.54, 1.807) is 11.0 Å². The third kappa shape index (κ3) is 4.00. The molecular formula is C22H22F3N5O2. The molecule has 168 valence electrons. The maximum Gasteiger partial charge on any atom is 0.417 e. The van der Waals surface area contributed by atoms with Crippen LogP contribution in [0.1, 0.15) is 34.3 Å². The highest BCUT2D eigenvalue weighted by atomic mass is 19.4. The summed E-state index contributed by atoms with van der Waals surface area (Å²) in [6, 6.07) is 5.33. The zero-order chi connectivity index (χ0) is 22.9. The van der Waals surface area contributed by atoms with Gasteiger partial charge in [-0.05, 0) is 36.5 Å². The summed E-state index contributed by atoms with van der Waals surface area (Å²) in [5.41, 5.74) is -0.875. The van der Waals surface area contributed by atoms with Gasteiger partial charge < -0.3 is 14.9 Å². The quantitative estimate of drug-likeness (QED) is 0.781. The number of carbonyl (C=O) groups is 1.